The van der Waals surface area contributed by atoms with Crippen LogP contribution < -0.4 is 9.46 Å². The van der Waals surface area contributed by atoms with Crippen molar-refractivity contribution in [2.45, 2.75) is 30.2 Å². The van der Waals surface area contributed by atoms with Crippen LogP contribution in [0.25, 0.3) is 0 Å². The summed E-state index contributed by atoms with van der Waals surface area (Å²) in [5, 5.41) is 0.189. The molecule has 9 heteroatoms. The number of hydrogen-bond acceptors (Lipinski definition) is 4. The molecule has 6 nitrogen and oxygen atoms in total. The molecule has 1 aliphatic rings. The lowest BCUT2D eigenvalue weighted by molar-refractivity contribution is -0.129. The molecule has 1 saturated heterocycles. The molecule has 0 radical (unpaired) electrons. The highest BCUT2D eigenvalue weighted by Gasteiger charge is 2.27. The summed E-state index contributed by atoms with van der Waals surface area (Å²) in [6.07, 6.45) is 1.30. The van der Waals surface area contributed by atoms with E-state index >= 15 is 0 Å². The van der Waals surface area contributed by atoms with Crippen molar-refractivity contribution in [3.8, 4) is 5.75 Å². The predicted octanol–water partition coefficient (Wildman–Crippen LogP) is 2.29. The number of hydrogen-bond donors (Lipinski definition) is 1. The van der Waals surface area contributed by atoms with Crippen LogP contribution >= 0.6 is 23.2 Å². The van der Waals surface area contributed by atoms with Crippen LogP contribution in [0.5, 0.6) is 5.75 Å². The Balaban J connectivity index is 2.22. The maximum Gasteiger partial charge on any atom is 0.242 e. The molecule has 2 rings (SSSR count). The quantitative estimate of drug-likeness (QED) is 0.869. The van der Waals surface area contributed by atoms with Gasteiger partial charge in [-0.15, -0.1) is 0 Å². The van der Waals surface area contributed by atoms with Crippen molar-refractivity contribution in [2.24, 2.45) is 0 Å². The van der Waals surface area contributed by atoms with E-state index in [1.807, 2.05) is 0 Å². The smallest absolute Gasteiger partial charge is 0.242 e. The second kappa shape index (κ2) is 7.25. The molecule has 0 aromatic heterocycles. The molecule has 1 atom stereocenters. The molecule has 1 unspecified atom stereocenters. The monoisotopic (exact) mass is 380 g/mol. The molecule has 0 aliphatic carbocycles. The van der Waals surface area contributed by atoms with Gasteiger partial charge in [0.2, 0.25) is 15.9 Å². The van der Waals surface area contributed by atoms with Gasteiger partial charge in [0.25, 0.3) is 0 Å². The molecule has 1 amide bonds. The maximum atomic E-state index is 12.6. The second-order valence-corrected chi connectivity index (χ2v) is 7.87. The number of likely N-dealkylation sites (tertiary alicyclic amines) is 1. The minimum Gasteiger partial charge on any atom is -0.495 e. The van der Waals surface area contributed by atoms with E-state index in [9.17, 15) is 13.2 Å². The van der Waals surface area contributed by atoms with Gasteiger partial charge in [-0.05, 0) is 18.9 Å². The first kappa shape index (κ1) is 18.3. The Labute approximate surface area is 145 Å². The van der Waals surface area contributed by atoms with Gasteiger partial charge in [-0.25, -0.2) is 13.1 Å². The fourth-order valence-electron chi connectivity index (χ4n) is 2.38. The van der Waals surface area contributed by atoms with Gasteiger partial charge in [0.15, 0.2) is 0 Å². The van der Waals surface area contributed by atoms with Crippen LogP contribution in [-0.4, -0.2) is 46.0 Å². The summed E-state index contributed by atoms with van der Waals surface area (Å²) in [7, 11) is -0.714. The van der Waals surface area contributed by atoms with Crippen molar-refractivity contribution in [2.75, 3.05) is 20.7 Å². The second-order valence-electron chi connectivity index (χ2n) is 5.38. The van der Waals surface area contributed by atoms with Gasteiger partial charge >= 0.3 is 0 Å². The highest BCUT2D eigenvalue weighted by atomic mass is 35.5. The number of benzene rings is 1. The average molecular weight is 381 g/mol. The van der Waals surface area contributed by atoms with Crippen molar-refractivity contribution >= 4 is 39.1 Å². The highest BCUT2D eigenvalue weighted by Crippen LogP contribution is 2.33. The zero-order valence-electron chi connectivity index (χ0n) is 12.8. The summed E-state index contributed by atoms with van der Waals surface area (Å²) in [5.74, 6) is 0.314. The molecule has 1 aromatic rings. The zero-order chi connectivity index (χ0) is 17.2. The van der Waals surface area contributed by atoms with Crippen molar-refractivity contribution in [1.29, 1.82) is 0 Å². The standard InChI is InChI=1S/C14H18Cl2N2O4S/c1-18-6-5-9(3-4-14(18)19)17-23(20,21)13-8-10(15)12(22-2)7-11(13)16/h7-9,17H,3-6H2,1-2H3. The van der Waals surface area contributed by atoms with Crippen LogP contribution in [0, 0.1) is 0 Å². The van der Waals surface area contributed by atoms with E-state index in [1.165, 1.54) is 19.2 Å². The fraction of sp³-hybridized carbons (Fsp3) is 0.500. The van der Waals surface area contributed by atoms with Gasteiger partial charge in [0, 0.05) is 32.1 Å². The van der Waals surface area contributed by atoms with Gasteiger partial charge in [0.05, 0.1) is 17.2 Å². The van der Waals surface area contributed by atoms with Gasteiger partial charge in [-0.2, -0.15) is 0 Å². The number of amides is 1. The Hall–Kier alpha value is -1.02. The Morgan fingerprint density at radius 2 is 1.96 bits per heavy atom. The number of ether oxygens (including phenoxy) is 1. The Bertz CT molecular complexity index is 709. The molecule has 1 aromatic carbocycles. The summed E-state index contributed by atoms with van der Waals surface area (Å²) >= 11 is 12.0. The van der Waals surface area contributed by atoms with Crippen molar-refractivity contribution < 1.29 is 17.9 Å². The van der Waals surface area contributed by atoms with Crippen molar-refractivity contribution in [3.05, 3.63) is 22.2 Å². The van der Waals surface area contributed by atoms with E-state index in [-0.39, 0.29) is 26.9 Å². The van der Waals surface area contributed by atoms with Crippen LogP contribution in [0.1, 0.15) is 19.3 Å². The molecule has 0 saturated carbocycles. The van der Waals surface area contributed by atoms with Crippen LogP contribution in [0.2, 0.25) is 10.0 Å². The SMILES string of the molecule is COc1cc(Cl)c(S(=O)(=O)NC2CCC(=O)N(C)CC2)cc1Cl. The van der Waals surface area contributed by atoms with Crippen LogP contribution in [0.3, 0.4) is 0 Å². The van der Waals surface area contributed by atoms with E-state index in [0.29, 0.717) is 31.6 Å². The van der Waals surface area contributed by atoms with Crippen molar-refractivity contribution in [3.63, 3.8) is 0 Å². The highest BCUT2D eigenvalue weighted by molar-refractivity contribution is 7.89. The molecular formula is C14H18Cl2N2O4S. The minimum atomic E-state index is -3.84. The fourth-order valence-corrected chi connectivity index (χ4v) is 4.53. The van der Waals surface area contributed by atoms with Crippen LogP contribution in [-0.2, 0) is 14.8 Å². The van der Waals surface area contributed by atoms with E-state index in [2.05, 4.69) is 4.72 Å². The Kier molecular flexibility index (Phi) is 5.78. The Morgan fingerprint density at radius 3 is 2.61 bits per heavy atom. The molecule has 1 fully saturated rings. The van der Waals surface area contributed by atoms with Crippen molar-refractivity contribution in [1.82, 2.24) is 9.62 Å². The lowest BCUT2D eigenvalue weighted by Crippen LogP contribution is -2.35. The topological polar surface area (TPSA) is 75.7 Å². The summed E-state index contributed by atoms with van der Waals surface area (Å²) < 4.78 is 32.7. The third-order valence-corrected chi connectivity index (χ3v) is 6.04. The number of carbonyl (C=O) groups excluding carboxylic acids is 1. The summed E-state index contributed by atoms with van der Waals surface area (Å²) in [6.45, 7) is 0.503. The predicted molar refractivity (Wildman–Crippen MR) is 88.6 cm³/mol. The average Bonchev–Trinajstić information content (AvgIpc) is 2.64. The molecule has 1 N–H and O–H groups in total. The van der Waals surface area contributed by atoms with Gasteiger partial charge in [0.1, 0.15) is 10.6 Å². The lowest BCUT2D eigenvalue weighted by Gasteiger charge is -2.18. The molecule has 1 heterocycles. The maximum absolute atomic E-state index is 12.6. The van der Waals surface area contributed by atoms with Gasteiger partial charge < -0.3 is 9.64 Å². The minimum absolute atomic E-state index is 0.0113. The number of methoxy groups -OCH3 is 1. The third kappa shape index (κ3) is 4.29. The Morgan fingerprint density at radius 1 is 1.26 bits per heavy atom. The zero-order valence-corrected chi connectivity index (χ0v) is 15.1. The van der Waals surface area contributed by atoms with Gasteiger partial charge in [-0.3, -0.25) is 4.79 Å². The first-order valence-electron chi connectivity index (χ1n) is 7.04. The number of halogens is 2. The first-order valence-corrected chi connectivity index (χ1v) is 9.28. The molecule has 1 aliphatic heterocycles. The number of carbonyl (C=O) groups is 1. The summed E-state index contributed by atoms with van der Waals surface area (Å²) in [4.78, 5) is 13.2. The molecule has 23 heavy (non-hydrogen) atoms. The lowest BCUT2D eigenvalue weighted by atomic mass is 10.1. The molecule has 0 bridgehead atoms. The summed E-state index contributed by atoms with van der Waals surface area (Å²) in [6, 6.07) is 2.30. The molecular weight excluding hydrogens is 363 g/mol. The number of sulfonamides is 1. The van der Waals surface area contributed by atoms with E-state index in [0.717, 1.165) is 0 Å². The van der Waals surface area contributed by atoms with E-state index in [4.69, 9.17) is 27.9 Å². The first-order chi connectivity index (χ1) is 10.7. The largest absolute Gasteiger partial charge is 0.495 e. The number of rotatable bonds is 4. The molecule has 128 valence electrons. The van der Waals surface area contributed by atoms with E-state index < -0.39 is 10.0 Å². The van der Waals surface area contributed by atoms with Crippen LogP contribution in [0.15, 0.2) is 17.0 Å². The van der Waals surface area contributed by atoms with Gasteiger partial charge in [-0.1, -0.05) is 23.2 Å². The van der Waals surface area contributed by atoms with Crippen LogP contribution in [0.4, 0.5) is 0 Å². The normalized spacial score (nSPS) is 19.6. The molecule has 0 spiro atoms. The van der Waals surface area contributed by atoms with E-state index in [1.54, 1.807) is 11.9 Å². The third-order valence-electron chi connectivity index (χ3n) is 3.76. The number of nitrogens with zero attached hydrogens (tertiary/aromatic N) is 1. The number of nitrogens with one attached hydrogen (secondary N) is 1. The summed E-state index contributed by atoms with van der Waals surface area (Å²) in [5.41, 5.74) is 0.